The van der Waals surface area contributed by atoms with Crippen LogP contribution in [0.2, 0.25) is 0 Å². The Hall–Kier alpha value is -2.90. The molecule has 8 nitrogen and oxygen atoms in total. The summed E-state index contributed by atoms with van der Waals surface area (Å²) in [5.41, 5.74) is 0.718. The molecule has 1 unspecified atom stereocenters. The van der Waals surface area contributed by atoms with Gasteiger partial charge in [0.25, 0.3) is 5.91 Å². The standard InChI is InChI=1S/C17H21N3O5/c1-9(2)14(17(24)25-3)20-13(21)8-12-16(23)18-11-7-5-4-6-10(11)15(22)19-12/h4-7,9,12,14H,8H2,1-3H3,(H,18,23)(H,19,22)(H,20,21)/t12?,14-/m0/s1. The Morgan fingerprint density at radius 3 is 2.56 bits per heavy atom. The second-order valence-corrected chi connectivity index (χ2v) is 6.08. The number of para-hydroxylation sites is 1. The third-order valence-corrected chi connectivity index (χ3v) is 3.88. The van der Waals surface area contributed by atoms with Crippen LogP contribution in [0, 0.1) is 5.92 Å². The van der Waals surface area contributed by atoms with Crippen molar-refractivity contribution in [3.05, 3.63) is 29.8 Å². The maximum atomic E-state index is 12.3. The van der Waals surface area contributed by atoms with Gasteiger partial charge in [0, 0.05) is 0 Å². The summed E-state index contributed by atoms with van der Waals surface area (Å²) in [5, 5.41) is 7.70. The molecule has 0 saturated carbocycles. The third-order valence-electron chi connectivity index (χ3n) is 3.88. The third kappa shape index (κ3) is 4.34. The number of carbonyl (C=O) groups excluding carboxylic acids is 4. The van der Waals surface area contributed by atoms with Crippen molar-refractivity contribution in [2.45, 2.75) is 32.4 Å². The zero-order valence-corrected chi connectivity index (χ0v) is 14.3. The predicted molar refractivity (Wildman–Crippen MR) is 89.7 cm³/mol. The van der Waals surface area contributed by atoms with Crippen LogP contribution < -0.4 is 16.0 Å². The number of fused-ring (bicyclic) bond motifs is 1. The van der Waals surface area contributed by atoms with Crippen LogP contribution in [0.25, 0.3) is 0 Å². The molecule has 25 heavy (non-hydrogen) atoms. The Morgan fingerprint density at radius 2 is 1.92 bits per heavy atom. The first kappa shape index (κ1) is 18.4. The number of amides is 3. The van der Waals surface area contributed by atoms with Crippen LogP contribution in [0.15, 0.2) is 24.3 Å². The van der Waals surface area contributed by atoms with Crippen molar-refractivity contribution in [2.75, 3.05) is 12.4 Å². The summed E-state index contributed by atoms with van der Waals surface area (Å²) >= 11 is 0. The van der Waals surface area contributed by atoms with Gasteiger partial charge in [0.2, 0.25) is 11.8 Å². The van der Waals surface area contributed by atoms with Crippen LogP contribution >= 0.6 is 0 Å². The number of hydrogen-bond acceptors (Lipinski definition) is 5. The molecule has 0 bridgehead atoms. The molecular formula is C17H21N3O5. The highest BCUT2D eigenvalue weighted by Crippen LogP contribution is 2.18. The lowest BCUT2D eigenvalue weighted by atomic mass is 10.0. The van der Waals surface area contributed by atoms with E-state index >= 15 is 0 Å². The largest absolute Gasteiger partial charge is 0.467 e. The quantitative estimate of drug-likeness (QED) is 0.669. The molecule has 2 rings (SSSR count). The number of ether oxygens (including phenoxy) is 1. The van der Waals surface area contributed by atoms with Gasteiger partial charge in [0.15, 0.2) is 0 Å². The van der Waals surface area contributed by atoms with E-state index in [-0.39, 0.29) is 12.3 Å². The van der Waals surface area contributed by atoms with Crippen molar-refractivity contribution in [1.29, 1.82) is 0 Å². The molecule has 134 valence electrons. The molecule has 1 aliphatic heterocycles. The molecule has 0 saturated heterocycles. The van der Waals surface area contributed by atoms with E-state index < -0.39 is 35.8 Å². The summed E-state index contributed by atoms with van der Waals surface area (Å²) in [6.45, 7) is 3.53. The normalized spacial score (nSPS) is 17.7. The lowest BCUT2D eigenvalue weighted by Crippen LogP contribution is -2.49. The van der Waals surface area contributed by atoms with Crippen molar-refractivity contribution in [3.8, 4) is 0 Å². The number of hydrogen-bond donors (Lipinski definition) is 3. The number of nitrogens with one attached hydrogen (secondary N) is 3. The van der Waals surface area contributed by atoms with Gasteiger partial charge < -0.3 is 20.7 Å². The van der Waals surface area contributed by atoms with Gasteiger partial charge in [-0.3, -0.25) is 14.4 Å². The highest BCUT2D eigenvalue weighted by atomic mass is 16.5. The van der Waals surface area contributed by atoms with Crippen LogP contribution in [0.4, 0.5) is 5.69 Å². The van der Waals surface area contributed by atoms with Gasteiger partial charge >= 0.3 is 5.97 Å². The fourth-order valence-electron chi connectivity index (χ4n) is 2.50. The van der Waals surface area contributed by atoms with E-state index in [4.69, 9.17) is 0 Å². The van der Waals surface area contributed by atoms with Gasteiger partial charge in [-0.15, -0.1) is 0 Å². The smallest absolute Gasteiger partial charge is 0.328 e. The van der Waals surface area contributed by atoms with E-state index in [1.165, 1.54) is 7.11 Å². The van der Waals surface area contributed by atoms with Gasteiger partial charge in [-0.1, -0.05) is 26.0 Å². The molecule has 1 aromatic rings. The van der Waals surface area contributed by atoms with E-state index in [1.807, 2.05) is 0 Å². The van der Waals surface area contributed by atoms with Gasteiger partial charge in [0.05, 0.1) is 24.8 Å². The zero-order chi connectivity index (χ0) is 18.6. The summed E-state index contributed by atoms with van der Waals surface area (Å²) in [7, 11) is 1.24. The molecule has 0 radical (unpaired) electrons. The first-order valence-corrected chi connectivity index (χ1v) is 7.91. The topological polar surface area (TPSA) is 114 Å². The average Bonchev–Trinajstić information content (AvgIpc) is 2.69. The van der Waals surface area contributed by atoms with Crippen LogP contribution in [0.5, 0.6) is 0 Å². The van der Waals surface area contributed by atoms with E-state index in [2.05, 4.69) is 20.7 Å². The van der Waals surface area contributed by atoms with E-state index in [9.17, 15) is 19.2 Å². The number of methoxy groups -OCH3 is 1. The Bertz CT molecular complexity index is 701. The molecule has 1 aliphatic rings. The second kappa shape index (κ2) is 7.78. The predicted octanol–water partition coefficient (Wildman–Crippen LogP) is 0.441. The summed E-state index contributed by atoms with van der Waals surface area (Å²) in [6, 6.07) is 4.72. The molecular weight excluding hydrogens is 326 g/mol. The van der Waals surface area contributed by atoms with Crippen molar-refractivity contribution in [1.82, 2.24) is 10.6 Å². The minimum Gasteiger partial charge on any atom is -0.467 e. The molecule has 0 fully saturated rings. The van der Waals surface area contributed by atoms with Gasteiger partial charge in [-0.2, -0.15) is 0 Å². The number of carbonyl (C=O) groups is 4. The molecule has 1 heterocycles. The van der Waals surface area contributed by atoms with Crippen LogP contribution in [0.3, 0.4) is 0 Å². The van der Waals surface area contributed by atoms with Crippen molar-refractivity contribution < 1.29 is 23.9 Å². The van der Waals surface area contributed by atoms with Gasteiger partial charge in [-0.25, -0.2) is 4.79 Å². The lowest BCUT2D eigenvalue weighted by molar-refractivity contribution is -0.146. The van der Waals surface area contributed by atoms with Crippen molar-refractivity contribution in [2.24, 2.45) is 5.92 Å². The summed E-state index contributed by atoms with van der Waals surface area (Å²) in [5.74, 6) is -2.22. The maximum Gasteiger partial charge on any atom is 0.328 e. The Morgan fingerprint density at radius 1 is 1.24 bits per heavy atom. The SMILES string of the molecule is COC(=O)[C@@H](NC(=O)CC1NC(=O)c2ccccc2NC1=O)C(C)C. The Labute approximate surface area is 145 Å². The zero-order valence-electron chi connectivity index (χ0n) is 14.3. The Kier molecular flexibility index (Phi) is 5.74. The fraction of sp³-hybridized carbons (Fsp3) is 0.412. The molecule has 0 aliphatic carbocycles. The number of anilines is 1. The molecule has 3 amide bonds. The Balaban J connectivity index is 2.07. The van der Waals surface area contributed by atoms with Crippen LogP contribution in [-0.4, -0.2) is 42.9 Å². The molecule has 2 atom stereocenters. The molecule has 1 aromatic carbocycles. The monoisotopic (exact) mass is 347 g/mol. The summed E-state index contributed by atoms with van der Waals surface area (Å²) in [4.78, 5) is 48.4. The highest BCUT2D eigenvalue weighted by Gasteiger charge is 2.31. The maximum absolute atomic E-state index is 12.3. The molecule has 8 heteroatoms. The van der Waals surface area contributed by atoms with Gasteiger partial charge in [0.1, 0.15) is 12.1 Å². The van der Waals surface area contributed by atoms with E-state index in [1.54, 1.807) is 38.1 Å². The number of esters is 1. The minimum absolute atomic E-state index is 0.182. The molecule has 0 aromatic heterocycles. The van der Waals surface area contributed by atoms with Crippen LogP contribution in [-0.2, 0) is 19.1 Å². The highest BCUT2D eigenvalue weighted by molar-refractivity contribution is 6.10. The summed E-state index contributed by atoms with van der Waals surface area (Å²) in [6.07, 6.45) is -0.286. The first-order chi connectivity index (χ1) is 11.8. The first-order valence-electron chi connectivity index (χ1n) is 7.91. The van der Waals surface area contributed by atoms with E-state index in [0.717, 1.165) is 0 Å². The van der Waals surface area contributed by atoms with Gasteiger partial charge in [-0.05, 0) is 18.1 Å². The molecule has 0 spiro atoms. The average molecular weight is 347 g/mol. The summed E-state index contributed by atoms with van der Waals surface area (Å²) < 4.78 is 4.66. The molecule has 3 N–H and O–H groups in total. The fourth-order valence-corrected chi connectivity index (χ4v) is 2.50. The number of rotatable bonds is 5. The van der Waals surface area contributed by atoms with Crippen LogP contribution in [0.1, 0.15) is 30.6 Å². The minimum atomic E-state index is -1.04. The van der Waals surface area contributed by atoms with E-state index in [0.29, 0.717) is 11.3 Å². The number of benzene rings is 1. The lowest BCUT2D eigenvalue weighted by Gasteiger charge is -2.21. The van der Waals surface area contributed by atoms with Crippen molar-refractivity contribution in [3.63, 3.8) is 0 Å². The van der Waals surface area contributed by atoms with Crippen molar-refractivity contribution >= 4 is 29.4 Å². The second-order valence-electron chi connectivity index (χ2n) is 6.08.